The van der Waals surface area contributed by atoms with Crippen LogP contribution in [-0.2, 0) is 11.2 Å². The van der Waals surface area contributed by atoms with Crippen molar-refractivity contribution in [2.75, 3.05) is 11.1 Å². The van der Waals surface area contributed by atoms with Gasteiger partial charge in [-0.25, -0.2) is 4.39 Å². The van der Waals surface area contributed by atoms with E-state index in [-0.39, 0.29) is 17.7 Å². The lowest BCUT2D eigenvalue weighted by molar-refractivity contribution is -0.116. The summed E-state index contributed by atoms with van der Waals surface area (Å²) in [6, 6.07) is 10.4. The van der Waals surface area contributed by atoms with Crippen molar-refractivity contribution < 1.29 is 13.6 Å². The zero-order valence-electron chi connectivity index (χ0n) is 13.3. The lowest BCUT2D eigenvalue weighted by Crippen LogP contribution is -2.11. The minimum Gasteiger partial charge on any atom is -0.407 e. The smallest absolute Gasteiger partial charge is 0.322 e. The normalized spacial score (nSPS) is 10.8. The summed E-state index contributed by atoms with van der Waals surface area (Å²) in [6.45, 7) is 0. The fourth-order valence-electron chi connectivity index (χ4n) is 2.07. The average Bonchev–Trinajstić information content (AvgIpc) is 3.26. The van der Waals surface area contributed by atoms with E-state index in [1.807, 2.05) is 17.5 Å². The van der Waals surface area contributed by atoms with E-state index >= 15 is 0 Å². The maximum absolute atomic E-state index is 12.8. The van der Waals surface area contributed by atoms with E-state index in [0.717, 1.165) is 15.5 Å². The molecule has 1 aromatic carbocycles. The summed E-state index contributed by atoms with van der Waals surface area (Å²) in [5, 5.41) is 12.4. The molecule has 25 heavy (non-hydrogen) atoms. The molecule has 0 aliphatic heterocycles. The highest BCUT2D eigenvalue weighted by Crippen LogP contribution is 2.20. The standard InChI is InChI=1S/C17H16FN3O2S2/c18-12-5-7-13(8-6-12)24-10-2-4-15(22)19-17-21-20-16(23-17)11-14-3-1-9-25-14/h1,3,5-9H,2,4,10-11H2,(H,19,21,22). The Bertz CT molecular complexity index is 804. The number of carbonyl (C=O) groups excluding carboxylic acids is 1. The van der Waals surface area contributed by atoms with E-state index < -0.39 is 0 Å². The van der Waals surface area contributed by atoms with Crippen LogP contribution in [-0.4, -0.2) is 21.9 Å². The van der Waals surface area contributed by atoms with Crippen LogP contribution in [0.25, 0.3) is 0 Å². The third-order valence-corrected chi connectivity index (χ3v) is 5.22. The first-order valence-electron chi connectivity index (χ1n) is 7.72. The summed E-state index contributed by atoms with van der Waals surface area (Å²) in [6.07, 6.45) is 1.62. The van der Waals surface area contributed by atoms with Crippen molar-refractivity contribution in [1.29, 1.82) is 0 Å². The van der Waals surface area contributed by atoms with Gasteiger partial charge in [-0.2, -0.15) is 0 Å². The van der Waals surface area contributed by atoms with Gasteiger partial charge in [-0.1, -0.05) is 11.2 Å². The summed E-state index contributed by atoms with van der Waals surface area (Å²) in [5.74, 6) is 0.837. The number of hydrogen-bond acceptors (Lipinski definition) is 6. The summed E-state index contributed by atoms with van der Waals surface area (Å²) in [4.78, 5) is 14.0. The number of carbonyl (C=O) groups is 1. The van der Waals surface area contributed by atoms with Crippen LogP contribution in [0.3, 0.4) is 0 Å². The molecule has 130 valence electrons. The summed E-state index contributed by atoms with van der Waals surface area (Å²) in [5.41, 5.74) is 0. The van der Waals surface area contributed by atoms with Crippen LogP contribution in [0.2, 0.25) is 0 Å². The van der Waals surface area contributed by atoms with Crippen LogP contribution in [0.1, 0.15) is 23.6 Å². The number of nitrogens with one attached hydrogen (secondary N) is 1. The van der Waals surface area contributed by atoms with E-state index in [2.05, 4.69) is 15.5 Å². The molecular weight excluding hydrogens is 361 g/mol. The number of benzene rings is 1. The van der Waals surface area contributed by atoms with Crippen molar-refractivity contribution in [3.8, 4) is 0 Å². The van der Waals surface area contributed by atoms with Crippen molar-refractivity contribution in [2.45, 2.75) is 24.2 Å². The molecular formula is C17H16FN3O2S2. The van der Waals surface area contributed by atoms with Crippen molar-refractivity contribution >= 4 is 35.0 Å². The minimum atomic E-state index is -0.248. The van der Waals surface area contributed by atoms with Gasteiger partial charge in [0.25, 0.3) is 0 Å². The van der Waals surface area contributed by atoms with Crippen molar-refractivity contribution in [3.63, 3.8) is 0 Å². The average molecular weight is 377 g/mol. The number of nitrogens with zero attached hydrogens (tertiary/aromatic N) is 2. The Labute approximate surface area is 152 Å². The fourth-order valence-corrected chi connectivity index (χ4v) is 3.62. The zero-order valence-corrected chi connectivity index (χ0v) is 14.9. The number of rotatable bonds is 8. The van der Waals surface area contributed by atoms with Crippen LogP contribution in [0.15, 0.2) is 51.1 Å². The molecule has 0 saturated heterocycles. The molecule has 0 atom stereocenters. The van der Waals surface area contributed by atoms with E-state index in [0.29, 0.717) is 25.2 Å². The van der Waals surface area contributed by atoms with Crippen LogP contribution >= 0.6 is 23.1 Å². The highest BCUT2D eigenvalue weighted by atomic mass is 32.2. The summed E-state index contributed by atoms with van der Waals surface area (Å²) < 4.78 is 18.2. The van der Waals surface area contributed by atoms with Crippen LogP contribution in [0, 0.1) is 5.82 Å². The third-order valence-electron chi connectivity index (χ3n) is 3.25. The van der Waals surface area contributed by atoms with Gasteiger partial charge in [0.2, 0.25) is 11.8 Å². The fraction of sp³-hybridized carbons (Fsp3) is 0.235. The number of thiophene rings is 1. The maximum Gasteiger partial charge on any atom is 0.322 e. The highest BCUT2D eigenvalue weighted by molar-refractivity contribution is 7.99. The molecule has 3 aromatic rings. The number of amides is 1. The predicted octanol–water partition coefficient (Wildman–Crippen LogP) is 4.37. The predicted molar refractivity (Wildman–Crippen MR) is 96.4 cm³/mol. The monoisotopic (exact) mass is 377 g/mol. The molecule has 1 N–H and O–H groups in total. The maximum atomic E-state index is 12.8. The first kappa shape index (κ1) is 17.6. The Morgan fingerprint density at radius 1 is 1.24 bits per heavy atom. The van der Waals surface area contributed by atoms with Gasteiger partial charge in [-0.05, 0) is 47.9 Å². The van der Waals surface area contributed by atoms with E-state index in [9.17, 15) is 9.18 Å². The van der Waals surface area contributed by atoms with Crippen LogP contribution in [0.5, 0.6) is 0 Å². The minimum absolute atomic E-state index is 0.128. The largest absolute Gasteiger partial charge is 0.407 e. The van der Waals surface area contributed by atoms with E-state index in [1.54, 1.807) is 35.2 Å². The molecule has 0 bridgehead atoms. The quantitative estimate of drug-likeness (QED) is 0.466. The molecule has 0 aliphatic carbocycles. The molecule has 2 heterocycles. The van der Waals surface area contributed by atoms with Crippen LogP contribution in [0.4, 0.5) is 10.4 Å². The lowest BCUT2D eigenvalue weighted by atomic mass is 10.3. The molecule has 0 saturated carbocycles. The van der Waals surface area contributed by atoms with Crippen molar-refractivity contribution in [1.82, 2.24) is 10.2 Å². The number of anilines is 1. The molecule has 0 aliphatic rings. The molecule has 1 amide bonds. The Kier molecular flexibility index (Phi) is 6.19. The van der Waals surface area contributed by atoms with Gasteiger partial charge in [0.1, 0.15) is 5.82 Å². The Morgan fingerprint density at radius 2 is 2.08 bits per heavy atom. The molecule has 0 unspecified atom stereocenters. The Hall–Kier alpha value is -2.19. The number of thioether (sulfide) groups is 1. The first-order valence-corrected chi connectivity index (χ1v) is 9.58. The molecule has 0 spiro atoms. The molecule has 0 radical (unpaired) electrons. The Balaban J connectivity index is 1.37. The molecule has 8 heteroatoms. The van der Waals surface area contributed by atoms with Gasteiger partial charge < -0.3 is 4.42 Å². The first-order chi connectivity index (χ1) is 12.2. The SMILES string of the molecule is O=C(CCCSc1ccc(F)cc1)Nc1nnc(Cc2cccs2)o1. The second-order valence-electron chi connectivity index (χ2n) is 5.21. The van der Waals surface area contributed by atoms with Crippen molar-refractivity contribution in [2.24, 2.45) is 0 Å². The van der Waals surface area contributed by atoms with Gasteiger partial charge in [-0.15, -0.1) is 28.2 Å². The number of halogens is 1. The summed E-state index contributed by atoms with van der Waals surface area (Å²) in [7, 11) is 0. The second kappa shape index (κ2) is 8.77. The van der Waals surface area contributed by atoms with Crippen molar-refractivity contribution in [3.05, 3.63) is 58.4 Å². The van der Waals surface area contributed by atoms with E-state index in [4.69, 9.17) is 4.42 Å². The third kappa shape index (κ3) is 5.68. The highest BCUT2D eigenvalue weighted by Gasteiger charge is 2.10. The second-order valence-corrected chi connectivity index (χ2v) is 7.41. The van der Waals surface area contributed by atoms with Crippen LogP contribution < -0.4 is 5.32 Å². The lowest BCUT2D eigenvalue weighted by Gasteiger charge is -2.02. The van der Waals surface area contributed by atoms with Gasteiger partial charge in [0.15, 0.2) is 0 Å². The van der Waals surface area contributed by atoms with Gasteiger partial charge >= 0.3 is 6.01 Å². The molecule has 3 rings (SSSR count). The molecule has 2 aromatic heterocycles. The number of aromatic nitrogens is 2. The summed E-state index contributed by atoms with van der Waals surface area (Å²) >= 11 is 3.20. The molecule has 5 nitrogen and oxygen atoms in total. The van der Waals surface area contributed by atoms with Gasteiger partial charge in [0.05, 0.1) is 6.42 Å². The van der Waals surface area contributed by atoms with E-state index in [1.165, 1.54) is 12.1 Å². The van der Waals surface area contributed by atoms with Gasteiger partial charge in [0, 0.05) is 16.2 Å². The topological polar surface area (TPSA) is 68.0 Å². The number of hydrogen-bond donors (Lipinski definition) is 1. The zero-order chi connectivity index (χ0) is 17.5. The molecule has 0 fully saturated rings. The Morgan fingerprint density at radius 3 is 2.84 bits per heavy atom. The van der Waals surface area contributed by atoms with Gasteiger partial charge in [-0.3, -0.25) is 10.1 Å².